The molecule has 0 aliphatic carbocycles. The van der Waals surface area contributed by atoms with Crippen molar-refractivity contribution >= 4 is 11.0 Å². The van der Waals surface area contributed by atoms with Gasteiger partial charge in [0.25, 0.3) is 0 Å². The number of rotatable bonds is 3. The van der Waals surface area contributed by atoms with Crippen LogP contribution >= 0.6 is 0 Å². The van der Waals surface area contributed by atoms with E-state index in [1.54, 1.807) is 6.26 Å². The molecule has 1 saturated heterocycles. The van der Waals surface area contributed by atoms with Crippen LogP contribution in [0.1, 0.15) is 41.7 Å². The predicted octanol–water partition coefficient (Wildman–Crippen LogP) is 2.60. The first-order chi connectivity index (χ1) is 13.7. The molecule has 7 nitrogen and oxygen atoms in total. The Balaban J connectivity index is 1.35. The highest BCUT2D eigenvalue weighted by Crippen LogP contribution is 2.28. The van der Waals surface area contributed by atoms with Crippen LogP contribution in [0.15, 0.2) is 33.7 Å². The number of aryl methyl sites for hydroxylation is 1. The molecule has 0 amide bonds. The molecule has 5 rings (SSSR count). The summed E-state index contributed by atoms with van der Waals surface area (Å²) < 4.78 is 13.7. The van der Waals surface area contributed by atoms with Gasteiger partial charge in [-0.05, 0) is 31.9 Å². The fourth-order valence-electron chi connectivity index (χ4n) is 4.20. The Bertz CT molecular complexity index is 1070. The van der Waals surface area contributed by atoms with Crippen molar-refractivity contribution in [1.29, 1.82) is 0 Å². The van der Waals surface area contributed by atoms with Gasteiger partial charge in [-0.1, -0.05) is 11.6 Å². The molecule has 0 saturated carbocycles. The molecule has 1 aromatic carbocycles. The van der Waals surface area contributed by atoms with E-state index >= 15 is 0 Å². The van der Waals surface area contributed by atoms with Crippen LogP contribution in [-0.2, 0) is 24.2 Å². The lowest BCUT2D eigenvalue weighted by molar-refractivity contribution is 0.101. The topological polar surface area (TPSA) is 73.4 Å². The van der Waals surface area contributed by atoms with Gasteiger partial charge in [-0.25, -0.2) is 0 Å². The molecule has 7 heteroatoms. The number of hydrogen-bond acceptors (Lipinski definition) is 6. The van der Waals surface area contributed by atoms with Gasteiger partial charge in [0.2, 0.25) is 0 Å². The Morgan fingerprint density at radius 2 is 2.14 bits per heavy atom. The molecule has 3 aromatic rings. The summed E-state index contributed by atoms with van der Waals surface area (Å²) in [5, 5.41) is 9.45. The quantitative estimate of drug-likeness (QED) is 0.695. The third-order valence-electron chi connectivity index (χ3n) is 5.76. The van der Waals surface area contributed by atoms with Crippen LogP contribution in [0, 0.1) is 6.92 Å². The number of benzene rings is 1. The maximum absolute atomic E-state index is 12.9. The van der Waals surface area contributed by atoms with E-state index in [2.05, 4.69) is 19.7 Å². The minimum atomic E-state index is 0.0636. The van der Waals surface area contributed by atoms with Gasteiger partial charge < -0.3 is 13.7 Å². The molecule has 0 spiro atoms. The van der Waals surface area contributed by atoms with Crippen LogP contribution in [0.2, 0.25) is 0 Å². The van der Waals surface area contributed by atoms with Crippen LogP contribution in [-0.4, -0.2) is 39.4 Å². The molecule has 2 aliphatic rings. The number of aromatic nitrogens is 3. The Morgan fingerprint density at radius 3 is 3.00 bits per heavy atom. The number of nitrogens with zero attached hydrogens (tertiary/aromatic N) is 4. The van der Waals surface area contributed by atoms with Crippen LogP contribution in [0.5, 0.6) is 0 Å². The summed E-state index contributed by atoms with van der Waals surface area (Å²) >= 11 is 0. The first kappa shape index (κ1) is 17.6. The molecule has 28 heavy (non-hydrogen) atoms. The van der Waals surface area contributed by atoms with Crippen LogP contribution < -0.4 is 5.43 Å². The van der Waals surface area contributed by atoms with E-state index in [1.807, 2.05) is 25.1 Å². The largest absolute Gasteiger partial charge is 0.464 e. The zero-order valence-corrected chi connectivity index (χ0v) is 16.1. The second kappa shape index (κ2) is 7.14. The second-order valence-corrected chi connectivity index (χ2v) is 7.74. The predicted molar refractivity (Wildman–Crippen MR) is 104 cm³/mol. The van der Waals surface area contributed by atoms with Crippen LogP contribution in [0.25, 0.3) is 11.0 Å². The van der Waals surface area contributed by atoms with E-state index in [9.17, 15) is 4.79 Å². The molecule has 0 N–H and O–H groups in total. The molecule has 4 heterocycles. The van der Waals surface area contributed by atoms with Crippen molar-refractivity contribution in [2.24, 2.45) is 0 Å². The summed E-state index contributed by atoms with van der Waals surface area (Å²) in [5.41, 5.74) is 2.47. The molecule has 0 radical (unpaired) electrons. The Morgan fingerprint density at radius 1 is 1.21 bits per heavy atom. The normalized spacial score (nSPS) is 20.4. The third-order valence-corrected chi connectivity index (χ3v) is 5.76. The summed E-state index contributed by atoms with van der Waals surface area (Å²) in [6, 6.07) is 5.73. The molecular formula is C21H24N4O3. The van der Waals surface area contributed by atoms with Gasteiger partial charge in [-0.2, -0.15) is 0 Å². The molecule has 2 aliphatic heterocycles. The van der Waals surface area contributed by atoms with Gasteiger partial charge in [0.1, 0.15) is 17.5 Å². The number of ether oxygens (including phenoxy) is 1. The van der Waals surface area contributed by atoms with Crippen molar-refractivity contribution in [1.82, 2.24) is 19.7 Å². The Hall–Kier alpha value is -2.51. The van der Waals surface area contributed by atoms with E-state index in [-0.39, 0.29) is 11.5 Å². The zero-order valence-electron chi connectivity index (χ0n) is 16.1. The van der Waals surface area contributed by atoms with Crippen molar-refractivity contribution in [3.8, 4) is 0 Å². The minimum Gasteiger partial charge on any atom is -0.464 e. The van der Waals surface area contributed by atoms with Gasteiger partial charge in [0.15, 0.2) is 11.3 Å². The Kier molecular flexibility index (Phi) is 4.49. The molecule has 1 atom stereocenters. The molecule has 146 valence electrons. The van der Waals surface area contributed by atoms with Crippen molar-refractivity contribution in [2.45, 2.75) is 45.4 Å². The van der Waals surface area contributed by atoms with Gasteiger partial charge in [0, 0.05) is 44.8 Å². The summed E-state index contributed by atoms with van der Waals surface area (Å²) in [7, 11) is 0. The number of fused-ring (bicyclic) bond motifs is 2. The Labute approximate surface area is 162 Å². The fourth-order valence-corrected chi connectivity index (χ4v) is 4.20. The second-order valence-electron chi connectivity index (χ2n) is 7.74. The van der Waals surface area contributed by atoms with Gasteiger partial charge >= 0.3 is 0 Å². The van der Waals surface area contributed by atoms with E-state index in [1.165, 1.54) is 0 Å². The number of hydrogen-bond donors (Lipinski definition) is 0. The highest BCUT2D eigenvalue weighted by molar-refractivity contribution is 5.77. The van der Waals surface area contributed by atoms with Crippen molar-refractivity contribution in [3.05, 3.63) is 57.5 Å². The molecular weight excluding hydrogens is 356 g/mol. The van der Waals surface area contributed by atoms with E-state index < -0.39 is 0 Å². The van der Waals surface area contributed by atoms with Crippen molar-refractivity contribution in [2.75, 3.05) is 19.7 Å². The summed E-state index contributed by atoms with van der Waals surface area (Å²) in [6.07, 6.45) is 4.60. The average molecular weight is 380 g/mol. The monoisotopic (exact) mass is 380 g/mol. The van der Waals surface area contributed by atoms with Crippen molar-refractivity contribution < 1.29 is 9.15 Å². The lowest BCUT2D eigenvalue weighted by Crippen LogP contribution is -2.29. The molecule has 2 aromatic heterocycles. The first-order valence-corrected chi connectivity index (χ1v) is 9.96. The van der Waals surface area contributed by atoms with E-state index in [0.717, 1.165) is 62.7 Å². The highest BCUT2D eigenvalue weighted by Gasteiger charge is 2.27. The third kappa shape index (κ3) is 3.14. The van der Waals surface area contributed by atoms with E-state index in [0.29, 0.717) is 23.1 Å². The standard InChI is InChI=1S/C21H24N4O3/c1-14-4-5-17-16(11-14)20(26)15(13-28-17)12-24-7-6-19-22-23-21(25(19)9-8-24)18-3-2-10-27-18/h4-5,11,13,18H,2-3,6-10,12H2,1H3. The molecule has 1 unspecified atom stereocenters. The van der Waals surface area contributed by atoms with Gasteiger partial charge in [-0.3, -0.25) is 9.69 Å². The summed E-state index contributed by atoms with van der Waals surface area (Å²) in [5.74, 6) is 1.96. The summed E-state index contributed by atoms with van der Waals surface area (Å²) in [4.78, 5) is 15.2. The van der Waals surface area contributed by atoms with Crippen molar-refractivity contribution in [3.63, 3.8) is 0 Å². The maximum Gasteiger partial charge on any atom is 0.197 e. The minimum absolute atomic E-state index is 0.0636. The lowest BCUT2D eigenvalue weighted by atomic mass is 10.1. The molecule has 1 fully saturated rings. The first-order valence-electron chi connectivity index (χ1n) is 9.96. The van der Waals surface area contributed by atoms with Gasteiger partial charge in [0.05, 0.1) is 11.6 Å². The SMILES string of the molecule is Cc1ccc2occ(CN3CCc4nnc(C5CCCO5)n4CC3)c(=O)c2c1. The average Bonchev–Trinajstić information content (AvgIpc) is 3.32. The van der Waals surface area contributed by atoms with Gasteiger partial charge in [-0.15, -0.1) is 10.2 Å². The smallest absolute Gasteiger partial charge is 0.197 e. The van der Waals surface area contributed by atoms with E-state index in [4.69, 9.17) is 9.15 Å². The summed E-state index contributed by atoms with van der Waals surface area (Å²) in [6.45, 7) is 5.87. The molecule has 0 bridgehead atoms. The van der Waals surface area contributed by atoms with Crippen LogP contribution in [0.4, 0.5) is 0 Å². The zero-order chi connectivity index (χ0) is 19.1. The highest BCUT2D eigenvalue weighted by atomic mass is 16.5. The maximum atomic E-state index is 12.9. The fraction of sp³-hybridized carbons (Fsp3) is 0.476. The van der Waals surface area contributed by atoms with Crippen LogP contribution in [0.3, 0.4) is 0 Å². The lowest BCUT2D eigenvalue weighted by Gasteiger charge is -2.19.